The Labute approximate surface area is 164 Å². The fourth-order valence-corrected chi connectivity index (χ4v) is 3.61. The van der Waals surface area contributed by atoms with Gasteiger partial charge in [0, 0.05) is 39.1 Å². The van der Waals surface area contributed by atoms with E-state index >= 15 is 0 Å². The molecule has 0 saturated carbocycles. The monoisotopic (exact) mass is 383 g/mol. The van der Waals surface area contributed by atoms with Crippen molar-refractivity contribution in [1.29, 1.82) is 0 Å². The highest BCUT2D eigenvalue weighted by Gasteiger charge is 2.44. The number of carboxylic acid groups (broad SMARTS) is 1. The van der Waals surface area contributed by atoms with Gasteiger partial charge in [0.25, 0.3) is 5.91 Å². The Morgan fingerprint density at radius 1 is 1.25 bits per heavy atom. The minimum Gasteiger partial charge on any atom is -0.481 e. The molecule has 0 radical (unpaired) electrons. The van der Waals surface area contributed by atoms with Crippen LogP contribution in [0.3, 0.4) is 0 Å². The molecule has 148 valence electrons. The second-order valence-electron chi connectivity index (χ2n) is 7.15. The van der Waals surface area contributed by atoms with Crippen molar-refractivity contribution in [2.45, 2.75) is 12.8 Å². The van der Waals surface area contributed by atoms with Crippen molar-refractivity contribution < 1.29 is 19.4 Å². The molecule has 1 aromatic carbocycles. The topological polar surface area (TPSA) is 83.0 Å². The van der Waals surface area contributed by atoms with Crippen LogP contribution in [-0.2, 0) is 9.53 Å². The number of aliphatic carboxylic acids is 1. The third-order valence-electron chi connectivity index (χ3n) is 5.22. The van der Waals surface area contributed by atoms with Gasteiger partial charge in [-0.15, -0.1) is 0 Å². The normalized spacial score (nSPS) is 19.3. The number of ether oxygens (including phenoxy) is 1. The molecule has 0 spiro atoms. The molecule has 1 aromatic heterocycles. The Hall–Kier alpha value is -2.93. The maximum absolute atomic E-state index is 12.9. The van der Waals surface area contributed by atoms with Crippen LogP contribution in [0.5, 0.6) is 0 Å². The molecule has 1 saturated heterocycles. The Bertz CT molecular complexity index is 821. The quantitative estimate of drug-likeness (QED) is 0.826. The molecule has 3 rings (SSSR count). The smallest absolute Gasteiger partial charge is 0.313 e. The van der Waals surface area contributed by atoms with Gasteiger partial charge >= 0.3 is 5.97 Å². The lowest BCUT2D eigenvalue weighted by Crippen LogP contribution is -2.52. The van der Waals surface area contributed by atoms with E-state index < -0.39 is 11.4 Å². The second kappa shape index (κ2) is 8.39. The van der Waals surface area contributed by atoms with Crippen LogP contribution in [0.4, 0.5) is 11.5 Å². The van der Waals surface area contributed by atoms with Gasteiger partial charge in [-0.2, -0.15) is 0 Å². The first-order chi connectivity index (χ1) is 13.5. The molecule has 2 aromatic rings. The Morgan fingerprint density at radius 2 is 2.00 bits per heavy atom. The van der Waals surface area contributed by atoms with E-state index in [2.05, 4.69) is 4.98 Å². The molecule has 0 aliphatic carbocycles. The van der Waals surface area contributed by atoms with Crippen molar-refractivity contribution in [2.24, 2.45) is 5.41 Å². The SMILES string of the molecule is COCC1(C(=O)O)CCCN(C(=O)c2ccc(N(C)c3ccccc3)nc2)C1. The van der Waals surface area contributed by atoms with Crippen molar-refractivity contribution in [3.63, 3.8) is 0 Å². The fourth-order valence-electron chi connectivity index (χ4n) is 3.61. The summed E-state index contributed by atoms with van der Waals surface area (Å²) in [5, 5.41) is 9.66. The van der Waals surface area contributed by atoms with Crippen LogP contribution in [0.15, 0.2) is 48.7 Å². The Morgan fingerprint density at radius 3 is 2.61 bits per heavy atom. The molecule has 28 heavy (non-hydrogen) atoms. The molecule has 0 bridgehead atoms. The number of nitrogens with zero attached hydrogens (tertiary/aromatic N) is 3. The first-order valence-corrected chi connectivity index (χ1v) is 9.23. The molecule has 7 nitrogen and oxygen atoms in total. The Kier molecular flexibility index (Phi) is 5.94. The molecule has 1 aliphatic rings. The van der Waals surface area contributed by atoms with Crippen LogP contribution in [0.2, 0.25) is 0 Å². The number of methoxy groups -OCH3 is 1. The molecule has 1 amide bonds. The highest BCUT2D eigenvalue weighted by Crippen LogP contribution is 2.31. The molecule has 1 atom stereocenters. The van der Waals surface area contributed by atoms with E-state index in [9.17, 15) is 14.7 Å². The minimum atomic E-state index is -1.05. The van der Waals surface area contributed by atoms with Crippen molar-refractivity contribution in [3.8, 4) is 0 Å². The zero-order valence-corrected chi connectivity index (χ0v) is 16.2. The van der Waals surface area contributed by atoms with Gasteiger partial charge in [-0.1, -0.05) is 18.2 Å². The number of benzene rings is 1. The molecule has 7 heteroatoms. The molecule has 1 unspecified atom stereocenters. The minimum absolute atomic E-state index is 0.0885. The van der Waals surface area contributed by atoms with Crippen LogP contribution < -0.4 is 4.90 Å². The van der Waals surface area contributed by atoms with Gasteiger partial charge in [0.15, 0.2) is 0 Å². The number of amides is 1. The number of carboxylic acids is 1. The number of hydrogen-bond acceptors (Lipinski definition) is 5. The fraction of sp³-hybridized carbons (Fsp3) is 0.381. The van der Waals surface area contributed by atoms with Gasteiger partial charge in [0.1, 0.15) is 11.2 Å². The van der Waals surface area contributed by atoms with Crippen molar-refractivity contribution in [1.82, 2.24) is 9.88 Å². The van der Waals surface area contributed by atoms with E-state index in [0.717, 1.165) is 11.5 Å². The number of rotatable bonds is 6. The number of anilines is 2. The zero-order valence-electron chi connectivity index (χ0n) is 16.2. The second-order valence-corrected chi connectivity index (χ2v) is 7.15. The number of piperidine rings is 1. The van der Waals surface area contributed by atoms with E-state index in [1.54, 1.807) is 23.2 Å². The summed E-state index contributed by atoms with van der Waals surface area (Å²) in [7, 11) is 3.40. The average Bonchev–Trinajstić information content (AvgIpc) is 2.74. The molecule has 2 heterocycles. The van der Waals surface area contributed by atoms with Gasteiger partial charge in [-0.25, -0.2) is 4.98 Å². The number of aromatic nitrogens is 1. The van der Waals surface area contributed by atoms with E-state index in [0.29, 0.717) is 24.9 Å². The number of likely N-dealkylation sites (tertiary alicyclic amines) is 1. The first kappa shape index (κ1) is 19.8. The molecule has 1 aliphatic heterocycles. The summed E-state index contributed by atoms with van der Waals surface area (Å²) in [6, 6.07) is 13.3. The van der Waals surface area contributed by atoms with Crippen LogP contribution in [0, 0.1) is 5.41 Å². The van der Waals surface area contributed by atoms with Gasteiger partial charge in [-0.05, 0) is 37.1 Å². The maximum Gasteiger partial charge on any atom is 0.313 e. The first-order valence-electron chi connectivity index (χ1n) is 9.23. The van der Waals surface area contributed by atoms with Crippen LogP contribution >= 0.6 is 0 Å². The predicted molar refractivity (Wildman–Crippen MR) is 106 cm³/mol. The lowest BCUT2D eigenvalue weighted by Gasteiger charge is -2.39. The third-order valence-corrected chi connectivity index (χ3v) is 5.22. The summed E-state index contributed by atoms with van der Waals surface area (Å²) in [5.74, 6) is -0.409. The van der Waals surface area contributed by atoms with Crippen LogP contribution in [0.25, 0.3) is 0 Å². The maximum atomic E-state index is 12.9. The summed E-state index contributed by atoms with van der Waals surface area (Å²) in [6.07, 6.45) is 2.67. The molecule has 1 fully saturated rings. The number of para-hydroxylation sites is 1. The summed E-state index contributed by atoms with van der Waals surface area (Å²) >= 11 is 0. The summed E-state index contributed by atoms with van der Waals surface area (Å²) in [5.41, 5.74) is 0.392. The van der Waals surface area contributed by atoms with Gasteiger partial charge < -0.3 is 19.6 Å². The number of carbonyl (C=O) groups is 2. The largest absolute Gasteiger partial charge is 0.481 e. The van der Waals surface area contributed by atoms with E-state index in [-0.39, 0.29) is 19.1 Å². The molecular formula is C21H25N3O4. The predicted octanol–water partition coefficient (Wildman–Crippen LogP) is 2.80. The zero-order chi connectivity index (χ0) is 20.1. The lowest BCUT2D eigenvalue weighted by atomic mass is 9.80. The number of carbonyl (C=O) groups excluding carboxylic acids is 1. The van der Waals surface area contributed by atoms with Gasteiger partial charge in [0.2, 0.25) is 0 Å². The van der Waals surface area contributed by atoms with Gasteiger partial charge in [-0.3, -0.25) is 9.59 Å². The van der Waals surface area contributed by atoms with Crippen LogP contribution in [-0.4, -0.2) is 60.7 Å². The van der Waals surface area contributed by atoms with E-state index in [4.69, 9.17) is 4.74 Å². The van der Waals surface area contributed by atoms with Crippen LogP contribution in [0.1, 0.15) is 23.2 Å². The lowest BCUT2D eigenvalue weighted by molar-refractivity contribution is -0.155. The summed E-state index contributed by atoms with van der Waals surface area (Å²) in [6.45, 7) is 0.759. The van der Waals surface area contributed by atoms with Gasteiger partial charge in [0.05, 0.1) is 12.2 Å². The summed E-state index contributed by atoms with van der Waals surface area (Å²) < 4.78 is 5.13. The van der Waals surface area contributed by atoms with E-state index in [1.165, 1.54) is 7.11 Å². The molecular weight excluding hydrogens is 358 g/mol. The van der Waals surface area contributed by atoms with Crippen molar-refractivity contribution in [3.05, 3.63) is 54.2 Å². The molecule has 1 N–H and O–H groups in total. The third kappa shape index (κ3) is 3.99. The van der Waals surface area contributed by atoms with Crippen molar-refractivity contribution in [2.75, 3.05) is 38.8 Å². The highest BCUT2D eigenvalue weighted by molar-refractivity contribution is 5.94. The number of pyridine rings is 1. The average molecular weight is 383 g/mol. The standard InChI is InChI=1S/C21H25N3O4/c1-23(17-7-4-3-5-8-17)18-10-9-16(13-22-18)19(25)24-12-6-11-21(14-24,15-28-2)20(26)27/h3-5,7-10,13H,6,11-12,14-15H2,1-2H3,(H,26,27). The highest BCUT2D eigenvalue weighted by atomic mass is 16.5. The number of hydrogen-bond donors (Lipinski definition) is 1. The van der Waals surface area contributed by atoms with E-state index in [1.807, 2.05) is 42.3 Å². The van der Waals surface area contributed by atoms with Crippen molar-refractivity contribution >= 4 is 23.4 Å². The summed E-state index contributed by atoms with van der Waals surface area (Å²) in [4.78, 5) is 32.6. The Balaban J connectivity index is 1.75.